The van der Waals surface area contributed by atoms with Crippen molar-refractivity contribution in [1.29, 1.82) is 0 Å². The number of carbonyl (C=O) groups excluding carboxylic acids is 1. The lowest BCUT2D eigenvalue weighted by Gasteiger charge is -2.14. The molecule has 0 saturated carbocycles. The lowest BCUT2D eigenvalue weighted by atomic mass is 9.96. The summed E-state index contributed by atoms with van der Waals surface area (Å²) in [5.41, 5.74) is 6.43. The highest BCUT2D eigenvalue weighted by Gasteiger charge is 2.12. The van der Waals surface area contributed by atoms with Gasteiger partial charge in [-0.05, 0) is 52.9 Å². The number of hydrogen-bond acceptors (Lipinski definition) is 3. The second-order valence-corrected chi connectivity index (χ2v) is 7.37. The van der Waals surface area contributed by atoms with E-state index in [1.807, 2.05) is 66.7 Å². The van der Waals surface area contributed by atoms with E-state index in [1.54, 1.807) is 7.11 Å². The summed E-state index contributed by atoms with van der Waals surface area (Å²) in [5, 5.41) is 0. The molecule has 0 aliphatic heterocycles. The fourth-order valence-corrected chi connectivity index (χ4v) is 3.72. The molecule has 0 atom stereocenters. The summed E-state index contributed by atoms with van der Waals surface area (Å²) in [6, 6.07) is 32.5. The summed E-state index contributed by atoms with van der Waals surface area (Å²) < 4.78 is 11.0. The molecule has 154 valence electrons. The number of methoxy groups -OCH3 is 1. The minimum absolute atomic E-state index is 0.326. The normalized spacial score (nSPS) is 10.5. The van der Waals surface area contributed by atoms with Crippen molar-refractivity contribution in [2.24, 2.45) is 0 Å². The second kappa shape index (κ2) is 9.31. The van der Waals surface area contributed by atoms with Crippen LogP contribution in [0, 0.1) is 0 Å². The first-order valence-electron chi connectivity index (χ1n) is 10.2. The van der Waals surface area contributed by atoms with Gasteiger partial charge in [0.25, 0.3) is 0 Å². The molecule has 0 spiro atoms. The molecule has 3 heteroatoms. The van der Waals surface area contributed by atoms with E-state index in [9.17, 15) is 4.79 Å². The molecule has 0 unspecified atom stereocenters. The van der Waals surface area contributed by atoms with Gasteiger partial charge in [0.1, 0.15) is 11.5 Å². The van der Waals surface area contributed by atoms with Crippen LogP contribution in [0.25, 0.3) is 22.3 Å². The number of hydrogen-bond donors (Lipinski definition) is 0. The molecule has 0 aliphatic carbocycles. The first-order valence-corrected chi connectivity index (χ1v) is 10.2. The molecule has 0 fully saturated rings. The zero-order chi connectivity index (χ0) is 21.6. The zero-order valence-corrected chi connectivity index (χ0v) is 17.7. The topological polar surface area (TPSA) is 35.5 Å². The van der Waals surface area contributed by atoms with Crippen molar-refractivity contribution >= 4 is 5.97 Å². The Bertz CT molecular complexity index is 1180. The van der Waals surface area contributed by atoms with Crippen molar-refractivity contribution in [2.75, 3.05) is 7.11 Å². The number of carbonyl (C=O) groups is 1. The fraction of sp³-hybridized carbons (Fsp3) is 0.107. The maximum atomic E-state index is 11.6. The van der Waals surface area contributed by atoms with Gasteiger partial charge in [0.15, 0.2) is 0 Å². The summed E-state index contributed by atoms with van der Waals surface area (Å²) >= 11 is 0. The van der Waals surface area contributed by atoms with Crippen LogP contribution in [0.3, 0.4) is 0 Å². The molecule has 0 heterocycles. The number of ether oxygens (including phenoxy) is 2. The minimum atomic E-state index is -0.326. The van der Waals surface area contributed by atoms with Crippen LogP contribution in [-0.2, 0) is 11.2 Å². The summed E-state index contributed by atoms with van der Waals surface area (Å²) in [5.74, 6) is 1.10. The van der Waals surface area contributed by atoms with Crippen molar-refractivity contribution < 1.29 is 14.3 Å². The average Bonchev–Trinajstić information content (AvgIpc) is 2.81. The quantitative estimate of drug-likeness (QED) is 0.268. The third-order valence-corrected chi connectivity index (χ3v) is 5.14. The molecule has 0 saturated heterocycles. The molecule has 3 nitrogen and oxygen atoms in total. The van der Waals surface area contributed by atoms with Crippen molar-refractivity contribution in [3.05, 3.63) is 108 Å². The minimum Gasteiger partial charge on any atom is -0.496 e. The van der Waals surface area contributed by atoms with Gasteiger partial charge in [0.05, 0.1) is 7.11 Å². The van der Waals surface area contributed by atoms with E-state index in [2.05, 4.69) is 30.3 Å². The van der Waals surface area contributed by atoms with Crippen molar-refractivity contribution in [3.63, 3.8) is 0 Å². The molecule has 0 aliphatic rings. The highest BCUT2D eigenvalue weighted by molar-refractivity contribution is 5.77. The maximum absolute atomic E-state index is 11.6. The van der Waals surface area contributed by atoms with Gasteiger partial charge < -0.3 is 9.47 Å². The van der Waals surface area contributed by atoms with Crippen LogP contribution < -0.4 is 9.47 Å². The van der Waals surface area contributed by atoms with E-state index in [0.29, 0.717) is 5.75 Å². The van der Waals surface area contributed by atoms with E-state index in [4.69, 9.17) is 9.47 Å². The van der Waals surface area contributed by atoms with Gasteiger partial charge in [-0.1, -0.05) is 72.8 Å². The number of benzene rings is 4. The van der Waals surface area contributed by atoms with Crippen LogP contribution >= 0.6 is 0 Å². The van der Waals surface area contributed by atoms with Crippen LogP contribution in [-0.4, -0.2) is 13.1 Å². The molecular weight excluding hydrogens is 384 g/mol. The molecule has 0 N–H and O–H groups in total. The van der Waals surface area contributed by atoms with Gasteiger partial charge in [-0.25, -0.2) is 0 Å². The van der Waals surface area contributed by atoms with Gasteiger partial charge in [-0.15, -0.1) is 0 Å². The lowest BCUT2D eigenvalue weighted by molar-refractivity contribution is -0.131. The van der Waals surface area contributed by atoms with Crippen molar-refractivity contribution in [2.45, 2.75) is 13.3 Å². The first kappa shape index (κ1) is 20.4. The third kappa shape index (κ3) is 4.84. The standard InChI is InChI=1S/C28H24O3/c1-20(29)31-28-16-14-22(19-26(28)24-11-7-4-8-12-24)17-21-13-15-27(30-2)25(18-21)23-9-5-3-6-10-23/h3-16,18-19H,17H2,1-2H3. The molecule has 31 heavy (non-hydrogen) atoms. The molecule has 4 rings (SSSR count). The molecule has 4 aromatic carbocycles. The molecule has 4 aromatic rings. The van der Waals surface area contributed by atoms with Gasteiger partial charge in [0, 0.05) is 18.1 Å². The Morgan fingerprint density at radius 1 is 0.677 bits per heavy atom. The summed E-state index contributed by atoms with van der Waals surface area (Å²) in [4.78, 5) is 11.6. The van der Waals surface area contributed by atoms with E-state index < -0.39 is 0 Å². The molecule has 0 aromatic heterocycles. The number of rotatable bonds is 6. The summed E-state index contributed by atoms with van der Waals surface area (Å²) in [7, 11) is 1.70. The molecule has 0 radical (unpaired) electrons. The first-order chi connectivity index (χ1) is 15.1. The Morgan fingerprint density at radius 3 is 1.65 bits per heavy atom. The molecule has 0 bridgehead atoms. The van der Waals surface area contributed by atoms with E-state index >= 15 is 0 Å². The van der Waals surface area contributed by atoms with Gasteiger partial charge >= 0.3 is 5.97 Å². The maximum Gasteiger partial charge on any atom is 0.308 e. The third-order valence-electron chi connectivity index (χ3n) is 5.14. The van der Waals surface area contributed by atoms with Crippen LogP contribution in [0.15, 0.2) is 97.1 Å². The van der Waals surface area contributed by atoms with Crippen LogP contribution in [0.5, 0.6) is 11.5 Å². The average molecular weight is 408 g/mol. The molecular formula is C28H24O3. The van der Waals surface area contributed by atoms with Crippen LogP contribution in [0.2, 0.25) is 0 Å². The highest BCUT2D eigenvalue weighted by Crippen LogP contribution is 2.34. The SMILES string of the molecule is COc1ccc(Cc2ccc(OC(C)=O)c(-c3ccccc3)c2)cc1-c1ccccc1. The summed E-state index contributed by atoms with van der Waals surface area (Å²) in [6.45, 7) is 1.42. The largest absolute Gasteiger partial charge is 0.496 e. The van der Waals surface area contributed by atoms with Crippen LogP contribution in [0.1, 0.15) is 18.1 Å². The smallest absolute Gasteiger partial charge is 0.308 e. The fourth-order valence-electron chi connectivity index (χ4n) is 3.72. The monoisotopic (exact) mass is 408 g/mol. The predicted octanol–water partition coefficient (Wildman–Crippen LogP) is 6.55. The van der Waals surface area contributed by atoms with E-state index in [0.717, 1.165) is 40.0 Å². The van der Waals surface area contributed by atoms with Gasteiger partial charge in [0.2, 0.25) is 0 Å². The Balaban J connectivity index is 1.70. The Labute approximate surface area is 182 Å². The summed E-state index contributed by atoms with van der Waals surface area (Å²) in [6.07, 6.45) is 0.754. The van der Waals surface area contributed by atoms with Crippen molar-refractivity contribution in [3.8, 4) is 33.8 Å². The zero-order valence-electron chi connectivity index (χ0n) is 17.7. The van der Waals surface area contributed by atoms with Crippen molar-refractivity contribution in [1.82, 2.24) is 0 Å². The van der Waals surface area contributed by atoms with E-state index in [1.165, 1.54) is 12.5 Å². The van der Waals surface area contributed by atoms with Gasteiger partial charge in [-0.2, -0.15) is 0 Å². The van der Waals surface area contributed by atoms with E-state index in [-0.39, 0.29) is 5.97 Å². The second-order valence-electron chi connectivity index (χ2n) is 7.37. The Hall–Kier alpha value is -3.85. The highest BCUT2D eigenvalue weighted by atomic mass is 16.5. The Kier molecular flexibility index (Phi) is 6.13. The molecule has 0 amide bonds. The predicted molar refractivity (Wildman–Crippen MR) is 124 cm³/mol. The Morgan fingerprint density at radius 2 is 1.16 bits per heavy atom. The lowest BCUT2D eigenvalue weighted by Crippen LogP contribution is -2.03. The number of esters is 1. The van der Waals surface area contributed by atoms with Gasteiger partial charge in [-0.3, -0.25) is 4.79 Å². The van der Waals surface area contributed by atoms with Crippen LogP contribution in [0.4, 0.5) is 0 Å².